The van der Waals surface area contributed by atoms with E-state index in [2.05, 4.69) is 0 Å². The van der Waals surface area contributed by atoms with Crippen molar-refractivity contribution in [2.45, 2.75) is 19.4 Å². The molecule has 2 N–H and O–H groups in total. The topological polar surface area (TPSA) is 74.6 Å². The van der Waals surface area contributed by atoms with Crippen LogP contribution in [0.2, 0.25) is 0 Å². The number of benzene rings is 1. The number of carbonyl (C=O) groups is 2. The van der Waals surface area contributed by atoms with Crippen LogP contribution in [0.1, 0.15) is 22.3 Å². The molecule has 0 heterocycles. The SMILES string of the molecule is Cc1ccc(C(=O)CC(O)C(=O)O)cc1. The zero-order valence-corrected chi connectivity index (χ0v) is 8.30. The van der Waals surface area contributed by atoms with Gasteiger partial charge in [0.2, 0.25) is 0 Å². The Hall–Kier alpha value is -1.68. The average molecular weight is 208 g/mol. The van der Waals surface area contributed by atoms with Crippen molar-refractivity contribution in [2.75, 3.05) is 0 Å². The predicted octanol–water partition coefficient (Wildman–Crippen LogP) is 1.01. The largest absolute Gasteiger partial charge is 0.479 e. The first-order chi connectivity index (χ1) is 7.00. The molecular formula is C11H12O4. The van der Waals surface area contributed by atoms with Gasteiger partial charge < -0.3 is 10.2 Å². The predicted molar refractivity (Wildman–Crippen MR) is 53.8 cm³/mol. The maximum Gasteiger partial charge on any atom is 0.332 e. The number of carboxylic acid groups (broad SMARTS) is 1. The van der Waals surface area contributed by atoms with E-state index in [1.54, 1.807) is 24.3 Å². The molecular weight excluding hydrogens is 196 g/mol. The Balaban J connectivity index is 2.69. The number of carboxylic acids is 1. The highest BCUT2D eigenvalue weighted by atomic mass is 16.4. The summed E-state index contributed by atoms with van der Waals surface area (Å²) in [7, 11) is 0. The van der Waals surface area contributed by atoms with Gasteiger partial charge in [-0.05, 0) is 6.92 Å². The minimum Gasteiger partial charge on any atom is -0.479 e. The number of carbonyl (C=O) groups excluding carboxylic acids is 1. The number of rotatable bonds is 4. The molecule has 0 radical (unpaired) electrons. The quantitative estimate of drug-likeness (QED) is 0.724. The monoisotopic (exact) mass is 208 g/mol. The molecule has 4 heteroatoms. The summed E-state index contributed by atoms with van der Waals surface area (Å²) >= 11 is 0. The second-order valence-corrected chi connectivity index (χ2v) is 3.35. The normalized spacial score (nSPS) is 12.1. The van der Waals surface area contributed by atoms with Crippen LogP contribution in [0.4, 0.5) is 0 Å². The van der Waals surface area contributed by atoms with Gasteiger partial charge in [-0.25, -0.2) is 4.79 Å². The van der Waals surface area contributed by atoms with E-state index in [0.29, 0.717) is 5.56 Å². The number of ketones is 1. The Morgan fingerprint density at radius 2 is 1.80 bits per heavy atom. The van der Waals surface area contributed by atoms with Gasteiger partial charge in [-0.3, -0.25) is 4.79 Å². The Bertz CT molecular complexity index is 367. The molecule has 0 aliphatic rings. The smallest absolute Gasteiger partial charge is 0.332 e. The number of aliphatic hydroxyl groups is 1. The highest BCUT2D eigenvalue weighted by Gasteiger charge is 2.18. The number of aliphatic hydroxyl groups excluding tert-OH is 1. The van der Waals surface area contributed by atoms with Crippen LogP contribution in [0.25, 0.3) is 0 Å². The van der Waals surface area contributed by atoms with E-state index in [4.69, 9.17) is 10.2 Å². The molecule has 1 aromatic rings. The zero-order chi connectivity index (χ0) is 11.4. The van der Waals surface area contributed by atoms with Crippen molar-refractivity contribution < 1.29 is 19.8 Å². The van der Waals surface area contributed by atoms with Crippen LogP contribution in [0.3, 0.4) is 0 Å². The molecule has 1 aromatic carbocycles. The minimum absolute atomic E-state index is 0.370. The summed E-state index contributed by atoms with van der Waals surface area (Å²) in [4.78, 5) is 21.8. The lowest BCUT2D eigenvalue weighted by molar-refractivity contribution is -0.146. The molecule has 0 aliphatic heterocycles. The fourth-order valence-electron chi connectivity index (χ4n) is 1.12. The van der Waals surface area contributed by atoms with Crippen LogP contribution in [0, 0.1) is 6.92 Å². The summed E-state index contributed by atoms with van der Waals surface area (Å²) in [5, 5.41) is 17.4. The Morgan fingerprint density at radius 3 is 2.27 bits per heavy atom. The molecule has 1 rings (SSSR count). The molecule has 15 heavy (non-hydrogen) atoms. The van der Waals surface area contributed by atoms with E-state index in [0.717, 1.165) is 5.56 Å². The van der Waals surface area contributed by atoms with Crippen LogP contribution < -0.4 is 0 Å². The summed E-state index contributed by atoms with van der Waals surface area (Å²) in [6.45, 7) is 1.89. The number of aliphatic carboxylic acids is 1. The number of aryl methyl sites for hydroxylation is 1. The lowest BCUT2D eigenvalue weighted by atomic mass is 10.0. The minimum atomic E-state index is -1.63. The molecule has 4 nitrogen and oxygen atoms in total. The van der Waals surface area contributed by atoms with Gasteiger partial charge in [0.1, 0.15) is 0 Å². The first-order valence-electron chi connectivity index (χ1n) is 4.51. The second-order valence-electron chi connectivity index (χ2n) is 3.35. The third-order valence-corrected chi connectivity index (χ3v) is 2.04. The first kappa shape index (κ1) is 11.4. The molecule has 0 amide bonds. The molecule has 1 unspecified atom stereocenters. The molecule has 0 bridgehead atoms. The molecule has 0 spiro atoms. The van der Waals surface area contributed by atoms with Crippen LogP contribution in [0.5, 0.6) is 0 Å². The Morgan fingerprint density at radius 1 is 1.27 bits per heavy atom. The third-order valence-electron chi connectivity index (χ3n) is 2.04. The first-order valence-corrected chi connectivity index (χ1v) is 4.51. The van der Waals surface area contributed by atoms with Crippen molar-refractivity contribution in [2.24, 2.45) is 0 Å². The van der Waals surface area contributed by atoms with E-state index >= 15 is 0 Å². The lowest BCUT2D eigenvalue weighted by Crippen LogP contribution is -2.23. The van der Waals surface area contributed by atoms with Crippen molar-refractivity contribution in [3.63, 3.8) is 0 Å². The van der Waals surface area contributed by atoms with Gasteiger partial charge in [0.05, 0.1) is 0 Å². The van der Waals surface area contributed by atoms with Crippen molar-refractivity contribution in [1.82, 2.24) is 0 Å². The van der Waals surface area contributed by atoms with E-state index in [1.165, 1.54) is 0 Å². The summed E-state index contributed by atoms with van der Waals surface area (Å²) < 4.78 is 0. The van der Waals surface area contributed by atoms with Crippen molar-refractivity contribution in [3.8, 4) is 0 Å². The van der Waals surface area contributed by atoms with Gasteiger partial charge in [-0.1, -0.05) is 29.8 Å². The fraction of sp³-hybridized carbons (Fsp3) is 0.273. The molecule has 0 saturated heterocycles. The average Bonchev–Trinajstić information content (AvgIpc) is 2.18. The maximum absolute atomic E-state index is 11.4. The zero-order valence-electron chi connectivity index (χ0n) is 8.30. The number of hydrogen-bond acceptors (Lipinski definition) is 3. The van der Waals surface area contributed by atoms with Gasteiger partial charge in [0.25, 0.3) is 0 Å². The van der Waals surface area contributed by atoms with Crippen LogP contribution >= 0.6 is 0 Å². The molecule has 0 aliphatic carbocycles. The van der Waals surface area contributed by atoms with Crippen LogP contribution in [0.15, 0.2) is 24.3 Å². The van der Waals surface area contributed by atoms with Gasteiger partial charge in [0, 0.05) is 12.0 Å². The third kappa shape index (κ3) is 3.18. The van der Waals surface area contributed by atoms with Crippen molar-refractivity contribution >= 4 is 11.8 Å². The van der Waals surface area contributed by atoms with E-state index in [-0.39, 0.29) is 5.78 Å². The van der Waals surface area contributed by atoms with Crippen LogP contribution in [-0.2, 0) is 4.79 Å². The Labute approximate surface area is 87.2 Å². The van der Waals surface area contributed by atoms with Gasteiger partial charge in [-0.2, -0.15) is 0 Å². The highest BCUT2D eigenvalue weighted by molar-refractivity contribution is 5.98. The molecule has 0 fully saturated rings. The van der Waals surface area contributed by atoms with Gasteiger partial charge in [-0.15, -0.1) is 0 Å². The maximum atomic E-state index is 11.4. The summed E-state index contributed by atoms with van der Waals surface area (Å²) in [5.41, 5.74) is 1.44. The lowest BCUT2D eigenvalue weighted by Gasteiger charge is -2.04. The number of Topliss-reactive ketones (excluding diaryl/α,β-unsaturated/α-hetero) is 1. The summed E-state index contributed by atoms with van der Waals surface area (Å²) in [6, 6.07) is 6.76. The molecule has 0 saturated carbocycles. The van der Waals surface area contributed by atoms with Crippen LogP contribution in [-0.4, -0.2) is 28.1 Å². The standard InChI is InChI=1S/C11H12O4/c1-7-2-4-8(5-3-7)9(12)6-10(13)11(14)15/h2-5,10,13H,6H2,1H3,(H,14,15). The summed E-state index contributed by atoms with van der Waals surface area (Å²) in [5.74, 6) is -1.75. The Kier molecular flexibility index (Phi) is 3.57. The highest BCUT2D eigenvalue weighted by Crippen LogP contribution is 2.07. The van der Waals surface area contributed by atoms with E-state index < -0.39 is 18.5 Å². The van der Waals surface area contributed by atoms with E-state index in [1.807, 2.05) is 6.92 Å². The van der Waals surface area contributed by atoms with Gasteiger partial charge in [0.15, 0.2) is 11.9 Å². The second kappa shape index (κ2) is 4.70. The van der Waals surface area contributed by atoms with Gasteiger partial charge >= 0.3 is 5.97 Å². The van der Waals surface area contributed by atoms with Crippen molar-refractivity contribution in [1.29, 1.82) is 0 Å². The summed E-state index contributed by atoms with van der Waals surface area (Å²) in [6.07, 6.45) is -2.02. The van der Waals surface area contributed by atoms with E-state index in [9.17, 15) is 9.59 Å². The number of hydrogen-bond donors (Lipinski definition) is 2. The fourth-order valence-corrected chi connectivity index (χ4v) is 1.12. The molecule has 1 atom stereocenters. The molecule has 0 aromatic heterocycles. The van der Waals surface area contributed by atoms with Crippen molar-refractivity contribution in [3.05, 3.63) is 35.4 Å². The molecule has 80 valence electrons.